The molecule has 4 amide bonds. The van der Waals surface area contributed by atoms with Gasteiger partial charge in [-0.25, -0.2) is 37.5 Å². The molecule has 8 aromatic heterocycles. The van der Waals surface area contributed by atoms with E-state index in [1.54, 1.807) is 209 Å². The second-order valence-electron chi connectivity index (χ2n) is 27.4. The fourth-order valence-electron chi connectivity index (χ4n) is 12.3. The smallest absolute Gasteiger partial charge is 0.226 e. The normalized spacial score (nSPS) is 10.6. The summed E-state index contributed by atoms with van der Waals surface area (Å²) in [4.78, 5) is 135. The Hall–Kier alpha value is -13.8. The van der Waals surface area contributed by atoms with Crippen LogP contribution in [0.3, 0.4) is 0 Å². The molecule has 0 saturated heterocycles. The monoisotopic (exact) mass is 1660 g/mol. The number of anilines is 5. The molecule has 0 aliphatic carbocycles. The number of Topliss-reactive ketones (excluding diaryl/α,β-unsaturated/α-hetero) is 4. The third-order valence-electron chi connectivity index (χ3n) is 19.6. The van der Waals surface area contributed by atoms with E-state index in [0.29, 0.717) is 152 Å². The Labute approximate surface area is 702 Å². The number of rotatable bonds is 29. The number of methoxy groups -OCH3 is 1. The van der Waals surface area contributed by atoms with E-state index in [2.05, 4.69) is 39.9 Å². The Balaban J connectivity index is 0.000000183. The van der Waals surface area contributed by atoms with E-state index in [1.165, 1.54) is 74.8 Å². The molecular formula is C93H89ClF5N13O9. The van der Waals surface area contributed by atoms with Crippen molar-refractivity contribution >= 4 is 86.9 Å². The fourth-order valence-corrected chi connectivity index (χ4v) is 12.5. The summed E-state index contributed by atoms with van der Waals surface area (Å²) in [6, 6.07) is 45.2. The number of aromatic nitrogens is 8. The lowest BCUT2D eigenvalue weighted by Gasteiger charge is -2.17. The Morgan fingerprint density at radius 2 is 0.628 bits per heavy atom. The Bertz CT molecular complexity index is 5270. The predicted octanol–water partition coefficient (Wildman–Crippen LogP) is 18.3. The molecule has 12 aromatic rings. The summed E-state index contributed by atoms with van der Waals surface area (Å²) in [5, 5.41) is 0.393. The van der Waals surface area contributed by atoms with Gasteiger partial charge in [-0.2, -0.15) is 4.39 Å². The van der Waals surface area contributed by atoms with Gasteiger partial charge in [0.15, 0.2) is 23.1 Å². The maximum Gasteiger partial charge on any atom is 0.226 e. The summed E-state index contributed by atoms with van der Waals surface area (Å²) >= 11 is 6.02. The molecule has 28 heteroatoms. The molecule has 622 valence electrons. The van der Waals surface area contributed by atoms with Crippen molar-refractivity contribution in [3.8, 4) is 50.9 Å². The molecule has 22 nitrogen and oxygen atoms in total. The predicted molar refractivity (Wildman–Crippen MR) is 457 cm³/mol. The van der Waals surface area contributed by atoms with Crippen LogP contribution in [-0.4, -0.2) is 122 Å². The molecule has 0 unspecified atom stereocenters. The lowest BCUT2D eigenvalue weighted by atomic mass is 10.0. The van der Waals surface area contributed by atoms with Crippen LogP contribution in [0.2, 0.25) is 5.15 Å². The summed E-state index contributed by atoms with van der Waals surface area (Å²) in [7, 11) is 7.97. The van der Waals surface area contributed by atoms with Crippen LogP contribution in [0, 0.1) is 29.2 Å². The number of ketones is 4. The first-order valence-electron chi connectivity index (χ1n) is 38.7. The molecule has 121 heavy (non-hydrogen) atoms. The highest BCUT2D eigenvalue weighted by Gasteiger charge is 2.22. The molecule has 0 atom stereocenters. The Morgan fingerprint density at radius 3 is 0.917 bits per heavy atom. The van der Waals surface area contributed by atoms with Crippen molar-refractivity contribution in [2.75, 3.05) is 60.6 Å². The molecule has 8 heterocycles. The van der Waals surface area contributed by atoms with Crippen LogP contribution in [0.1, 0.15) is 143 Å². The van der Waals surface area contributed by atoms with Crippen LogP contribution >= 0.6 is 11.6 Å². The minimum Gasteiger partial charge on any atom is -0.481 e. The van der Waals surface area contributed by atoms with Crippen molar-refractivity contribution in [1.29, 1.82) is 0 Å². The van der Waals surface area contributed by atoms with E-state index in [1.807, 2.05) is 18.2 Å². The highest BCUT2D eigenvalue weighted by Crippen LogP contribution is 2.32. The van der Waals surface area contributed by atoms with E-state index in [0.717, 1.165) is 16.7 Å². The molecule has 0 aliphatic heterocycles. The molecule has 0 aliphatic rings. The Kier molecular flexibility index (Phi) is 33.2. The molecule has 0 spiro atoms. The highest BCUT2D eigenvalue weighted by molar-refractivity contribution is 6.30. The van der Waals surface area contributed by atoms with Crippen molar-refractivity contribution < 1.29 is 65.0 Å². The van der Waals surface area contributed by atoms with Gasteiger partial charge < -0.3 is 30.1 Å². The van der Waals surface area contributed by atoms with Gasteiger partial charge in [-0.05, 0) is 182 Å². The van der Waals surface area contributed by atoms with Crippen LogP contribution in [0.25, 0.3) is 45.0 Å². The highest BCUT2D eigenvalue weighted by atomic mass is 35.5. The topological polar surface area (TPSA) is 288 Å². The standard InChI is InChI=1S/C24H24FN3O3.C23H21ClFN3O2.C23H21F2N3O2.C23H23FN4O2/c1-4-23(30)28(2)18-9-10-19(20(25)14-18)21-11-7-17(15-27-21)22(29)12-8-16-6-5-13-26-24(16)31-3;1-3-22(30)28(2)17-8-9-18(19(25)13-17)20-10-6-16(14-27-20)21(29)11-7-15-5-4-12-26-23(15)24;2*1-3-22(30)28(2)17-8-9-18(19(24)13-17)20-10-6-16(14-27-20)21(29)11-7-15-5-4-12-26-23(15)25/h5-7,9-11,13-15H,4,8,12H2,1-3H3;2*4-6,8-10,12-14H,3,7,11H2,1-2H3;4-6,8-10,12-14H,3,7,11H2,1-2H3,(H2,25,26). The molecule has 12 rings (SSSR count). The van der Waals surface area contributed by atoms with Crippen LogP contribution < -0.4 is 30.1 Å². The van der Waals surface area contributed by atoms with Gasteiger partial charge in [0.05, 0.1) is 29.9 Å². The number of nitrogen functional groups attached to an aromatic ring is 1. The van der Waals surface area contributed by atoms with Crippen LogP contribution in [0.4, 0.5) is 50.5 Å². The van der Waals surface area contributed by atoms with Crippen LogP contribution in [-0.2, 0) is 44.9 Å². The molecule has 0 radical (unpaired) electrons. The lowest BCUT2D eigenvalue weighted by molar-refractivity contribution is -0.118. The van der Waals surface area contributed by atoms with Gasteiger partial charge in [-0.3, -0.25) is 58.3 Å². The SMILES string of the molecule is CCC(=O)N(C)c1ccc(-c2ccc(C(=O)CCc3cccnc3Cl)cn2)c(F)c1.CCC(=O)N(C)c1ccc(-c2ccc(C(=O)CCc3cccnc3F)cn2)c(F)c1.CCC(=O)N(C)c1ccc(-c2ccc(C(=O)CCc3cccnc3N)cn2)c(F)c1.CCC(=O)N(C)c1ccc(-c2ccc(C(=O)CCc3cccnc3OC)cn2)c(F)c1. The number of ether oxygens (including phenoxy) is 1. The minimum absolute atomic E-state index is 0.0690. The number of pyridine rings is 8. The average Bonchev–Trinajstić information content (AvgIpc) is 0.826. The summed E-state index contributed by atoms with van der Waals surface area (Å²) in [6.45, 7) is 7.00. The van der Waals surface area contributed by atoms with Crippen LogP contribution in [0.5, 0.6) is 5.88 Å². The van der Waals surface area contributed by atoms with Crippen LogP contribution in [0.15, 0.2) is 219 Å². The van der Waals surface area contributed by atoms with Gasteiger partial charge in [0.25, 0.3) is 0 Å². The first kappa shape index (κ1) is 91.1. The van der Waals surface area contributed by atoms with Gasteiger partial charge >= 0.3 is 0 Å². The van der Waals surface area contributed by atoms with E-state index >= 15 is 0 Å². The van der Waals surface area contributed by atoms with Crippen molar-refractivity contribution in [2.45, 2.75) is 105 Å². The number of benzene rings is 4. The maximum absolute atomic E-state index is 14.6. The molecule has 4 aromatic carbocycles. The molecule has 0 bridgehead atoms. The van der Waals surface area contributed by atoms with Crippen molar-refractivity contribution in [2.24, 2.45) is 0 Å². The zero-order valence-corrected chi connectivity index (χ0v) is 68.9. The number of amides is 4. The number of aryl methyl sites for hydroxylation is 4. The van der Waals surface area contributed by atoms with Crippen molar-refractivity contribution in [1.82, 2.24) is 39.9 Å². The van der Waals surface area contributed by atoms with Gasteiger partial charge in [-0.1, -0.05) is 63.6 Å². The van der Waals surface area contributed by atoms with Gasteiger partial charge in [0.1, 0.15) is 34.2 Å². The third-order valence-corrected chi connectivity index (χ3v) is 20.0. The summed E-state index contributed by atoms with van der Waals surface area (Å²) < 4.78 is 77.2. The second-order valence-corrected chi connectivity index (χ2v) is 27.8. The number of nitrogens with zero attached hydrogens (tertiary/aromatic N) is 12. The van der Waals surface area contributed by atoms with Crippen molar-refractivity contribution in [3.05, 3.63) is 298 Å². The number of carbonyl (C=O) groups is 8. The largest absolute Gasteiger partial charge is 0.481 e. The quantitative estimate of drug-likeness (QED) is 0.0259. The number of nitrogens with two attached hydrogens (primary N) is 1. The second kappa shape index (κ2) is 44.1. The molecule has 0 saturated carbocycles. The molecule has 2 N–H and O–H groups in total. The third kappa shape index (κ3) is 24.7. The maximum atomic E-state index is 14.6. The van der Waals surface area contributed by atoms with E-state index < -0.39 is 29.2 Å². The summed E-state index contributed by atoms with van der Waals surface area (Å²) in [5.41, 5.74) is 15.1. The number of hydrogen-bond donors (Lipinski definition) is 1. The first-order chi connectivity index (χ1) is 58.1. The number of halogens is 6. The lowest BCUT2D eigenvalue weighted by Crippen LogP contribution is -2.25. The van der Waals surface area contributed by atoms with Gasteiger partial charge in [0.2, 0.25) is 35.5 Å². The molecular weight excluding hydrogens is 1570 g/mol. The average molecular weight is 1660 g/mol. The van der Waals surface area contributed by atoms with E-state index in [9.17, 15) is 60.3 Å². The number of hydrogen-bond acceptors (Lipinski definition) is 18. The van der Waals surface area contributed by atoms with Crippen molar-refractivity contribution in [3.63, 3.8) is 0 Å². The zero-order chi connectivity index (χ0) is 87.4. The zero-order valence-electron chi connectivity index (χ0n) is 68.2. The van der Waals surface area contributed by atoms with E-state index in [4.69, 9.17) is 22.1 Å². The fraction of sp³-hybridized carbons (Fsp3) is 0.226. The first-order valence-corrected chi connectivity index (χ1v) is 39.1. The number of carbonyl (C=O) groups excluding carboxylic acids is 8. The Morgan fingerprint density at radius 1 is 0.347 bits per heavy atom. The molecule has 0 fully saturated rings. The van der Waals surface area contributed by atoms with E-state index in [-0.39, 0.29) is 84.4 Å². The summed E-state index contributed by atoms with van der Waals surface area (Å²) in [6.07, 6.45) is 15.9. The van der Waals surface area contributed by atoms with Gasteiger partial charge in [0, 0.05) is 208 Å². The minimum atomic E-state index is -0.580. The summed E-state index contributed by atoms with van der Waals surface area (Å²) in [5.74, 6) is -2.45. The van der Waals surface area contributed by atoms with Gasteiger partial charge in [-0.15, -0.1) is 0 Å².